The van der Waals surface area contributed by atoms with Crippen LogP contribution in [-0.2, 0) is 9.53 Å². The summed E-state index contributed by atoms with van der Waals surface area (Å²) in [6.07, 6.45) is 1.16. The molecular formula is C29H24ClN5O6S2. The average molecular weight is 638 g/mol. The number of benzene rings is 2. The summed E-state index contributed by atoms with van der Waals surface area (Å²) in [5.74, 6) is -0.585. The van der Waals surface area contributed by atoms with Gasteiger partial charge < -0.3 is 9.72 Å². The van der Waals surface area contributed by atoms with Crippen LogP contribution >= 0.6 is 34.7 Å². The van der Waals surface area contributed by atoms with Gasteiger partial charge in [-0.05, 0) is 74.9 Å². The number of hydrogen-bond donors (Lipinski definition) is 1. The van der Waals surface area contributed by atoms with E-state index in [1.807, 2.05) is 0 Å². The molecule has 2 aromatic heterocycles. The normalized spacial score (nSPS) is 14.9. The van der Waals surface area contributed by atoms with Crippen molar-refractivity contribution in [3.05, 3.63) is 122 Å². The summed E-state index contributed by atoms with van der Waals surface area (Å²) in [6, 6.07) is 11.8. The van der Waals surface area contributed by atoms with Crippen molar-refractivity contribution in [1.29, 1.82) is 0 Å². The lowest BCUT2D eigenvalue weighted by molar-refractivity contribution is -0.387. The average Bonchev–Trinajstić information content (AvgIpc) is 3.22. The zero-order valence-corrected chi connectivity index (χ0v) is 25.7. The molecule has 0 spiro atoms. The third kappa shape index (κ3) is 6.38. The molecule has 5 rings (SSSR count). The van der Waals surface area contributed by atoms with E-state index in [0.29, 0.717) is 32.3 Å². The van der Waals surface area contributed by atoms with Gasteiger partial charge in [0.05, 0.1) is 37.8 Å². The molecule has 1 atom stereocenters. The second-order valence-corrected chi connectivity index (χ2v) is 12.3. The first-order valence-electron chi connectivity index (χ1n) is 12.9. The molecule has 0 amide bonds. The molecule has 220 valence electrons. The molecule has 0 radical (unpaired) electrons. The van der Waals surface area contributed by atoms with Crippen molar-refractivity contribution >= 4 is 52.4 Å². The number of esters is 1. The number of allylic oxidation sites excluding steroid dienone is 1. The Kier molecular flexibility index (Phi) is 8.49. The number of hydrogen-bond acceptors (Lipinski definition) is 10. The van der Waals surface area contributed by atoms with Gasteiger partial charge in [-0.2, -0.15) is 0 Å². The van der Waals surface area contributed by atoms with Crippen molar-refractivity contribution in [3.8, 4) is 0 Å². The summed E-state index contributed by atoms with van der Waals surface area (Å²) >= 11 is 8.18. The van der Waals surface area contributed by atoms with Crippen molar-refractivity contribution in [2.24, 2.45) is 4.99 Å². The largest absolute Gasteiger partial charge is 0.459 e. The van der Waals surface area contributed by atoms with E-state index in [2.05, 4.69) is 15.0 Å². The smallest absolute Gasteiger partial charge is 0.338 e. The van der Waals surface area contributed by atoms with Gasteiger partial charge in [0.1, 0.15) is 0 Å². The van der Waals surface area contributed by atoms with E-state index in [1.54, 1.807) is 64.1 Å². The Labute approximate surface area is 257 Å². The fourth-order valence-corrected chi connectivity index (χ4v) is 6.63. The summed E-state index contributed by atoms with van der Waals surface area (Å²) in [4.78, 5) is 62.3. The Morgan fingerprint density at radius 1 is 1.19 bits per heavy atom. The molecular weight excluding hydrogens is 614 g/mol. The van der Waals surface area contributed by atoms with Gasteiger partial charge in [0.2, 0.25) is 0 Å². The first-order chi connectivity index (χ1) is 20.4. The summed E-state index contributed by atoms with van der Waals surface area (Å²) in [5, 5.41) is 12.7. The van der Waals surface area contributed by atoms with E-state index >= 15 is 0 Å². The number of aromatic amines is 1. The fraction of sp³-hybridized carbons (Fsp3) is 0.207. The molecule has 3 heterocycles. The molecule has 0 fully saturated rings. The quantitative estimate of drug-likeness (QED) is 0.136. The van der Waals surface area contributed by atoms with Crippen LogP contribution in [-0.4, -0.2) is 31.5 Å². The second kappa shape index (κ2) is 12.1. The maximum Gasteiger partial charge on any atom is 0.338 e. The molecule has 0 unspecified atom stereocenters. The van der Waals surface area contributed by atoms with E-state index in [1.165, 1.54) is 22.8 Å². The van der Waals surface area contributed by atoms with Gasteiger partial charge in [0.25, 0.3) is 16.8 Å². The molecule has 2 aromatic carbocycles. The van der Waals surface area contributed by atoms with Crippen LogP contribution in [0.5, 0.6) is 0 Å². The Balaban J connectivity index is 1.62. The highest BCUT2D eigenvalue weighted by atomic mass is 35.5. The van der Waals surface area contributed by atoms with Gasteiger partial charge in [-0.3, -0.25) is 24.3 Å². The predicted molar refractivity (Wildman–Crippen MR) is 163 cm³/mol. The monoisotopic (exact) mass is 637 g/mol. The maximum atomic E-state index is 13.9. The van der Waals surface area contributed by atoms with Crippen LogP contribution in [0.1, 0.15) is 43.6 Å². The standard InChI is InChI=1S/C29H24ClN5O6S2/c1-14(2)41-27(38)24-16(4)32-29-34(25(24)18-6-8-19(30)9-7-18)26(37)22(43-29)13-17-5-10-21(20(12-17)35(39)40)42-28-31-15(3)11-23(36)33-28/h5-14,25H,1-4H3,(H,31,33,36)/b22-13+/t25-/m1/s1. The van der Waals surface area contributed by atoms with Crippen LogP contribution in [0, 0.1) is 17.0 Å². The highest BCUT2D eigenvalue weighted by Crippen LogP contribution is 2.34. The number of ether oxygens (including phenoxy) is 1. The lowest BCUT2D eigenvalue weighted by atomic mass is 9.96. The van der Waals surface area contributed by atoms with E-state index in [9.17, 15) is 24.5 Å². The van der Waals surface area contributed by atoms with Crippen molar-refractivity contribution in [2.45, 2.75) is 49.9 Å². The van der Waals surface area contributed by atoms with Crippen LogP contribution in [0.4, 0.5) is 5.69 Å². The number of nitro benzene ring substituents is 1. The first kappa shape index (κ1) is 30.1. The molecule has 14 heteroatoms. The minimum Gasteiger partial charge on any atom is -0.459 e. The van der Waals surface area contributed by atoms with Crippen molar-refractivity contribution < 1.29 is 14.5 Å². The molecule has 1 aliphatic rings. The Morgan fingerprint density at radius 2 is 1.91 bits per heavy atom. The molecule has 0 aliphatic carbocycles. The minimum absolute atomic E-state index is 0.218. The molecule has 0 bridgehead atoms. The lowest BCUT2D eigenvalue weighted by Crippen LogP contribution is -2.40. The summed E-state index contributed by atoms with van der Waals surface area (Å²) in [6.45, 7) is 6.81. The van der Waals surface area contributed by atoms with E-state index in [-0.39, 0.29) is 37.5 Å². The zero-order valence-electron chi connectivity index (χ0n) is 23.3. The second-order valence-electron chi connectivity index (χ2n) is 9.87. The molecule has 1 aliphatic heterocycles. The predicted octanol–water partition coefficient (Wildman–Crippen LogP) is 4.29. The van der Waals surface area contributed by atoms with Gasteiger partial charge in [-0.25, -0.2) is 14.8 Å². The highest BCUT2D eigenvalue weighted by molar-refractivity contribution is 7.99. The summed E-state index contributed by atoms with van der Waals surface area (Å²) < 4.78 is 7.20. The van der Waals surface area contributed by atoms with Gasteiger partial charge in [0, 0.05) is 22.8 Å². The molecule has 1 N–H and O–H groups in total. The number of carbonyl (C=O) groups excluding carboxylic acids is 1. The molecule has 4 aromatic rings. The molecule has 0 saturated carbocycles. The Bertz CT molecular complexity index is 2050. The fourth-order valence-electron chi connectivity index (χ4n) is 4.53. The number of nitro groups is 1. The summed E-state index contributed by atoms with van der Waals surface area (Å²) in [7, 11) is 0. The molecule has 11 nitrogen and oxygen atoms in total. The Morgan fingerprint density at radius 3 is 2.56 bits per heavy atom. The van der Waals surface area contributed by atoms with Crippen LogP contribution in [0.15, 0.2) is 84.4 Å². The number of nitrogens with zero attached hydrogens (tertiary/aromatic N) is 4. The van der Waals surface area contributed by atoms with Crippen LogP contribution in [0.25, 0.3) is 6.08 Å². The molecule has 0 saturated heterocycles. The number of aromatic nitrogens is 3. The number of thiazole rings is 1. The number of halogens is 1. The maximum absolute atomic E-state index is 13.9. The van der Waals surface area contributed by atoms with Crippen molar-refractivity contribution in [1.82, 2.24) is 14.5 Å². The van der Waals surface area contributed by atoms with Crippen molar-refractivity contribution in [3.63, 3.8) is 0 Å². The highest BCUT2D eigenvalue weighted by Gasteiger charge is 2.33. The number of carbonyl (C=O) groups is 1. The molecule has 43 heavy (non-hydrogen) atoms. The number of nitrogens with one attached hydrogen (secondary N) is 1. The van der Waals surface area contributed by atoms with Crippen molar-refractivity contribution in [2.75, 3.05) is 0 Å². The summed E-state index contributed by atoms with van der Waals surface area (Å²) in [5.41, 5.74) is 1.17. The van der Waals surface area contributed by atoms with Crippen LogP contribution < -0.4 is 20.5 Å². The van der Waals surface area contributed by atoms with Gasteiger partial charge in [-0.1, -0.05) is 41.1 Å². The van der Waals surface area contributed by atoms with Crippen LogP contribution in [0.2, 0.25) is 5.02 Å². The third-order valence-corrected chi connectivity index (χ3v) is 8.49. The Hall–Kier alpha value is -4.33. The van der Waals surface area contributed by atoms with Gasteiger partial charge >= 0.3 is 5.97 Å². The number of aryl methyl sites for hydroxylation is 1. The van der Waals surface area contributed by atoms with E-state index in [0.717, 1.165) is 23.1 Å². The van der Waals surface area contributed by atoms with Gasteiger partial charge in [-0.15, -0.1) is 0 Å². The first-order valence-corrected chi connectivity index (χ1v) is 15.0. The third-order valence-electron chi connectivity index (χ3n) is 6.30. The number of rotatable bonds is 7. The number of fused-ring (bicyclic) bond motifs is 1. The van der Waals surface area contributed by atoms with Crippen LogP contribution in [0.3, 0.4) is 0 Å². The zero-order chi connectivity index (χ0) is 31.0. The minimum atomic E-state index is -0.820. The van der Waals surface area contributed by atoms with E-state index in [4.69, 9.17) is 16.3 Å². The number of H-pyrrole nitrogens is 1. The van der Waals surface area contributed by atoms with E-state index < -0.39 is 22.5 Å². The lowest BCUT2D eigenvalue weighted by Gasteiger charge is -2.25. The van der Waals surface area contributed by atoms with Gasteiger partial charge in [0.15, 0.2) is 9.96 Å². The topological polar surface area (TPSA) is 150 Å². The SMILES string of the molecule is CC1=C(C(=O)OC(C)C)[C@@H](c2ccc(Cl)cc2)n2c(s/c(=C/c3ccc(Sc4nc(C)cc(=O)[nH]4)c([N+](=O)[O-])c3)c2=O)=N1.